The van der Waals surface area contributed by atoms with Crippen molar-refractivity contribution in [2.75, 3.05) is 12.0 Å². The molecule has 4 nitrogen and oxygen atoms in total. The second-order valence-corrected chi connectivity index (χ2v) is 12.1. The van der Waals surface area contributed by atoms with Crippen molar-refractivity contribution in [1.29, 1.82) is 0 Å². The Morgan fingerprint density at radius 3 is 2.57 bits per heavy atom. The first kappa shape index (κ1) is 20.7. The van der Waals surface area contributed by atoms with Crippen LogP contribution in [-0.4, -0.2) is 41.1 Å². The molecule has 0 saturated heterocycles. The van der Waals surface area contributed by atoms with Gasteiger partial charge in [0.15, 0.2) is 0 Å². The molecule has 0 aromatic carbocycles. The highest BCUT2D eigenvalue weighted by Gasteiger charge is 2.81. The van der Waals surface area contributed by atoms with Crippen LogP contribution in [0.25, 0.3) is 0 Å². The van der Waals surface area contributed by atoms with E-state index in [0.29, 0.717) is 30.3 Å². The van der Waals surface area contributed by atoms with Gasteiger partial charge in [0.25, 0.3) is 0 Å². The number of ether oxygens (including phenoxy) is 1. The van der Waals surface area contributed by atoms with Crippen LogP contribution in [0.2, 0.25) is 0 Å². The van der Waals surface area contributed by atoms with Gasteiger partial charge in [-0.2, -0.15) is 11.8 Å². The zero-order valence-electron chi connectivity index (χ0n) is 18.2. The maximum Gasteiger partial charge on any atom is 0.316 e. The van der Waals surface area contributed by atoms with E-state index in [1.165, 1.54) is 11.8 Å². The molecule has 0 aromatic heterocycles. The van der Waals surface area contributed by atoms with Crippen molar-refractivity contribution in [3.05, 3.63) is 0 Å². The van der Waals surface area contributed by atoms with Crippen LogP contribution < -0.4 is 0 Å². The number of thioether (sulfide) groups is 1. The molecule has 1 N–H and O–H groups in total. The summed E-state index contributed by atoms with van der Waals surface area (Å²) in [5.74, 6) is 1.30. The molecule has 0 aliphatic heterocycles. The van der Waals surface area contributed by atoms with E-state index < -0.39 is 6.10 Å². The molecule has 8 atom stereocenters. The second kappa shape index (κ2) is 6.23. The number of rotatable bonds is 3. The van der Waals surface area contributed by atoms with Crippen molar-refractivity contribution in [3.8, 4) is 0 Å². The number of carbonyl (C=O) groups is 2. The zero-order chi connectivity index (χ0) is 20.7. The SMILES string of the molecule is CSCC(=O)OC1CC(C)(C)C(O)C(C)C23CCC(=O)C4(CC(C)C1(C)C42)C3. The standard InChI is InChI=1S/C23H36O4S/c1-13-9-23-12-22(8-7-15(23)24)14(2)18(26)20(3,4)10-16(21(13,5)19(22)23)27-17(25)11-28-6/h13-14,16,18-19,26H,7-12H2,1-6H3. The van der Waals surface area contributed by atoms with Crippen LogP contribution in [0.4, 0.5) is 0 Å². The molecular formula is C23H36O4S. The fraction of sp³-hybridized carbons (Fsp3) is 0.913. The fourth-order valence-electron chi connectivity index (χ4n) is 8.31. The summed E-state index contributed by atoms with van der Waals surface area (Å²) >= 11 is 1.48. The van der Waals surface area contributed by atoms with Crippen LogP contribution >= 0.6 is 11.8 Å². The minimum atomic E-state index is -0.457. The van der Waals surface area contributed by atoms with Crippen molar-refractivity contribution < 1.29 is 19.4 Å². The molecule has 4 fully saturated rings. The third-order valence-corrected chi connectivity index (χ3v) is 10.1. The Bertz CT molecular complexity index is 705. The Morgan fingerprint density at radius 1 is 1.25 bits per heavy atom. The molecule has 0 heterocycles. The van der Waals surface area contributed by atoms with Crippen LogP contribution in [0, 0.1) is 39.4 Å². The Kier molecular flexibility index (Phi) is 4.61. The van der Waals surface area contributed by atoms with E-state index in [4.69, 9.17) is 4.74 Å². The van der Waals surface area contributed by atoms with Crippen molar-refractivity contribution >= 4 is 23.5 Å². The van der Waals surface area contributed by atoms with Crippen molar-refractivity contribution in [3.63, 3.8) is 0 Å². The fourth-order valence-corrected chi connectivity index (χ4v) is 8.61. The lowest BCUT2D eigenvalue weighted by Gasteiger charge is -2.71. The van der Waals surface area contributed by atoms with Gasteiger partial charge in [-0.05, 0) is 60.5 Å². The molecule has 0 radical (unpaired) electrons. The molecule has 4 aliphatic rings. The number of aliphatic hydroxyl groups excluding tert-OH is 1. The number of ketones is 1. The Morgan fingerprint density at radius 2 is 1.93 bits per heavy atom. The van der Waals surface area contributed by atoms with Crippen molar-refractivity contribution in [1.82, 2.24) is 0 Å². The minimum Gasteiger partial charge on any atom is -0.461 e. The van der Waals surface area contributed by atoms with Crippen molar-refractivity contribution in [2.24, 2.45) is 39.4 Å². The molecule has 28 heavy (non-hydrogen) atoms. The van der Waals surface area contributed by atoms with E-state index in [9.17, 15) is 14.7 Å². The van der Waals surface area contributed by atoms with Gasteiger partial charge in [-0.15, -0.1) is 0 Å². The van der Waals surface area contributed by atoms with Gasteiger partial charge in [0.2, 0.25) is 0 Å². The summed E-state index contributed by atoms with van der Waals surface area (Å²) in [4.78, 5) is 25.7. The third-order valence-electron chi connectivity index (χ3n) is 9.62. The van der Waals surface area contributed by atoms with Gasteiger partial charge in [-0.1, -0.05) is 34.6 Å². The van der Waals surface area contributed by atoms with Crippen LogP contribution in [0.3, 0.4) is 0 Å². The number of hydrogen-bond acceptors (Lipinski definition) is 5. The second-order valence-electron chi connectivity index (χ2n) is 11.2. The topological polar surface area (TPSA) is 63.6 Å². The number of aliphatic hydroxyl groups is 1. The first-order valence-electron chi connectivity index (χ1n) is 10.9. The van der Waals surface area contributed by atoms with Crippen molar-refractivity contribution in [2.45, 2.75) is 78.9 Å². The summed E-state index contributed by atoms with van der Waals surface area (Å²) in [5.41, 5.74) is -0.802. The van der Waals surface area contributed by atoms with E-state index in [2.05, 4.69) is 34.6 Å². The third kappa shape index (κ3) is 2.35. The summed E-state index contributed by atoms with van der Waals surface area (Å²) in [5, 5.41) is 11.4. The minimum absolute atomic E-state index is 0.00527. The molecule has 2 bridgehead atoms. The highest BCUT2D eigenvalue weighted by Crippen LogP contribution is 2.82. The van der Waals surface area contributed by atoms with Gasteiger partial charge in [0.05, 0.1) is 11.9 Å². The Balaban J connectivity index is 1.84. The number of carbonyl (C=O) groups excluding carboxylic acids is 2. The lowest BCUT2D eigenvalue weighted by atomic mass is 9.32. The number of esters is 1. The predicted octanol–water partition coefficient (Wildman–Crippen LogP) is 4.09. The monoisotopic (exact) mass is 408 g/mol. The Labute approximate surface area is 173 Å². The predicted molar refractivity (Wildman–Crippen MR) is 111 cm³/mol. The summed E-state index contributed by atoms with van der Waals surface area (Å²) in [6.07, 6.45) is 5.20. The molecule has 0 amide bonds. The lowest BCUT2D eigenvalue weighted by molar-refractivity contribution is -0.260. The maximum atomic E-state index is 13.1. The molecular weight excluding hydrogens is 372 g/mol. The molecule has 158 valence electrons. The highest BCUT2D eigenvalue weighted by atomic mass is 32.2. The van der Waals surface area contributed by atoms with Gasteiger partial charge in [0.1, 0.15) is 11.9 Å². The van der Waals surface area contributed by atoms with Crippen LogP contribution in [0.5, 0.6) is 0 Å². The quantitative estimate of drug-likeness (QED) is 0.713. The van der Waals surface area contributed by atoms with Gasteiger partial charge >= 0.3 is 5.97 Å². The van der Waals surface area contributed by atoms with E-state index in [0.717, 1.165) is 19.3 Å². The number of Topliss-reactive ketones (excluding diaryl/α,β-unsaturated/α-hetero) is 1. The highest BCUT2D eigenvalue weighted by molar-refractivity contribution is 7.99. The average Bonchev–Trinajstić information content (AvgIpc) is 2.79. The summed E-state index contributed by atoms with van der Waals surface area (Å²) in [6.45, 7) is 11.0. The largest absolute Gasteiger partial charge is 0.461 e. The van der Waals surface area contributed by atoms with E-state index in [1.807, 2.05) is 6.26 Å². The average molecular weight is 409 g/mol. The Hall–Kier alpha value is -0.550. The molecule has 0 aromatic rings. The van der Waals surface area contributed by atoms with Crippen LogP contribution in [0.15, 0.2) is 0 Å². The van der Waals surface area contributed by atoms with E-state index >= 15 is 0 Å². The molecule has 0 spiro atoms. The first-order valence-corrected chi connectivity index (χ1v) is 12.2. The molecule has 4 rings (SSSR count). The summed E-state index contributed by atoms with van der Waals surface area (Å²) in [6, 6.07) is 0. The number of hydrogen-bond donors (Lipinski definition) is 1. The van der Waals surface area contributed by atoms with E-state index in [1.54, 1.807) is 0 Å². The first-order chi connectivity index (χ1) is 13.0. The molecule has 4 aliphatic carbocycles. The smallest absolute Gasteiger partial charge is 0.316 e. The van der Waals surface area contributed by atoms with Gasteiger partial charge in [-0.25, -0.2) is 0 Å². The summed E-state index contributed by atoms with van der Waals surface area (Å²) < 4.78 is 6.15. The van der Waals surface area contributed by atoms with Gasteiger partial charge < -0.3 is 9.84 Å². The van der Waals surface area contributed by atoms with Crippen LogP contribution in [-0.2, 0) is 14.3 Å². The zero-order valence-corrected chi connectivity index (χ0v) is 19.0. The maximum absolute atomic E-state index is 13.1. The summed E-state index contributed by atoms with van der Waals surface area (Å²) in [7, 11) is 0. The molecule has 8 unspecified atom stereocenters. The van der Waals surface area contributed by atoms with E-state index in [-0.39, 0.29) is 45.6 Å². The lowest BCUT2D eigenvalue weighted by Crippen LogP contribution is -2.71. The van der Waals surface area contributed by atoms with Gasteiger partial charge in [-0.3, -0.25) is 9.59 Å². The van der Waals surface area contributed by atoms with Gasteiger partial charge in [0, 0.05) is 17.3 Å². The normalized spacial score (nSPS) is 51.5. The molecule has 4 saturated carbocycles. The van der Waals surface area contributed by atoms with Crippen LogP contribution in [0.1, 0.15) is 66.7 Å². The molecule has 5 heteroatoms.